The molecule has 37 heavy (non-hydrogen) atoms. The zero-order valence-corrected chi connectivity index (χ0v) is 20.7. The molecule has 2 heterocycles. The molecule has 2 aromatic rings. The number of azide groups is 1. The molecule has 200 valence electrons. The van der Waals surface area contributed by atoms with Crippen molar-refractivity contribution >= 4 is 19.5 Å². The number of aliphatic hydroxyl groups excluding tert-OH is 2. The van der Waals surface area contributed by atoms with Gasteiger partial charge in [-0.15, -0.1) is 0 Å². The number of nitrogens with two attached hydrogens (primary N) is 1. The molecule has 0 spiro atoms. The average Bonchev–Trinajstić information content (AvgIpc) is 3.09. The molecule has 1 saturated heterocycles. The number of nitrogen functional groups attached to an aromatic ring is 1. The SMILES string of the molecule is CCOC(=O)[C@H](C)NP(=O)(OCC1(N=[N+]=[N-])O[C@@H](n2ccc(N)nc2=O)[C@H](O)[C@@H]1O)Oc1ccccc1. The summed E-state index contributed by atoms with van der Waals surface area (Å²) >= 11 is 0. The molecular formula is C20H26N7O9P. The normalized spacial score (nSPS) is 25.5. The Morgan fingerprint density at radius 1 is 1.41 bits per heavy atom. The van der Waals surface area contributed by atoms with Crippen molar-refractivity contribution in [3.8, 4) is 5.75 Å². The highest BCUT2D eigenvalue weighted by Gasteiger charge is 2.56. The van der Waals surface area contributed by atoms with E-state index in [2.05, 4.69) is 20.1 Å². The van der Waals surface area contributed by atoms with Gasteiger partial charge in [0.15, 0.2) is 6.23 Å². The number of anilines is 1. The summed E-state index contributed by atoms with van der Waals surface area (Å²) in [6, 6.07) is 7.89. The molecule has 0 radical (unpaired) electrons. The minimum absolute atomic E-state index is 0.0637. The summed E-state index contributed by atoms with van der Waals surface area (Å²) in [6.07, 6.45) is -4.18. The minimum atomic E-state index is -4.45. The van der Waals surface area contributed by atoms with Gasteiger partial charge in [-0.3, -0.25) is 13.9 Å². The van der Waals surface area contributed by atoms with E-state index in [-0.39, 0.29) is 18.2 Å². The summed E-state index contributed by atoms with van der Waals surface area (Å²) in [4.78, 5) is 30.5. The number of esters is 1. The lowest BCUT2D eigenvalue weighted by Gasteiger charge is -2.29. The van der Waals surface area contributed by atoms with E-state index in [0.29, 0.717) is 0 Å². The quantitative estimate of drug-likeness (QED) is 0.102. The maximum Gasteiger partial charge on any atom is 0.459 e. The number of aromatic nitrogens is 2. The third-order valence-electron chi connectivity index (χ3n) is 5.14. The second-order valence-electron chi connectivity index (χ2n) is 7.80. The first-order valence-electron chi connectivity index (χ1n) is 10.9. The molecule has 2 unspecified atom stereocenters. The molecule has 0 bridgehead atoms. The topological polar surface area (TPSA) is 233 Å². The maximum absolute atomic E-state index is 13.7. The second-order valence-corrected chi connectivity index (χ2v) is 9.49. The van der Waals surface area contributed by atoms with Gasteiger partial charge in [0.05, 0.1) is 13.2 Å². The Morgan fingerprint density at radius 2 is 2.11 bits per heavy atom. The van der Waals surface area contributed by atoms with Crippen molar-refractivity contribution in [2.45, 2.75) is 44.1 Å². The van der Waals surface area contributed by atoms with Gasteiger partial charge in [0.2, 0.25) is 5.72 Å². The number of nitrogens with zero attached hydrogens (tertiary/aromatic N) is 5. The predicted octanol–water partition coefficient (Wildman–Crippen LogP) is 0.828. The largest absolute Gasteiger partial charge is 0.465 e. The van der Waals surface area contributed by atoms with Gasteiger partial charge in [-0.05, 0) is 37.6 Å². The lowest BCUT2D eigenvalue weighted by molar-refractivity contribution is -0.144. The van der Waals surface area contributed by atoms with Crippen molar-refractivity contribution < 1.29 is 38.1 Å². The van der Waals surface area contributed by atoms with Gasteiger partial charge < -0.3 is 29.9 Å². The Hall–Kier alpha value is -3.49. The number of hydrogen-bond donors (Lipinski definition) is 4. The summed E-state index contributed by atoms with van der Waals surface area (Å²) in [6.45, 7) is 2.07. The van der Waals surface area contributed by atoms with Gasteiger partial charge in [0.1, 0.15) is 29.8 Å². The van der Waals surface area contributed by atoms with E-state index in [9.17, 15) is 24.4 Å². The van der Waals surface area contributed by atoms with Crippen LogP contribution in [-0.4, -0.2) is 62.9 Å². The van der Waals surface area contributed by atoms with Crippen LogP contribution in [0.2, 0.25) is 0 Å². The van der Waals surface area contributed by atoms with Crippen LogP contribution in [0.1, 0.15) is 20.1 Å². The van der Waals surface area contributed by atoms with Crippen molar-refractivity contribution in [1.29, 1.82) is 0 Å². The first-order chi connectivity index (χ1) is 17.5. The van der Waals surface area contributed by atoms with Crippen LogP contribution in [-0.2, 0) is 23.4 Å². The Labute approximate surface area is 210 Å². The molecule has 0 saturated carbocycles. The highest BCUT2D eigenvalue weighted by molar-refractivity contribution is 7.52. The number of rotatable bonds is 11. The molecule has 0 amide bonds. The fourth-order valence-electron chi connectivity index (χ4n) is 3.36. The monoisotopic (exact) mass is 539 g/mol. The number of carbonyl (C=O) groups excluding carboxylic acids is 1. The maximum atomic E-state index is 13.7. The van der Waals surface area contributed by atoms with Crippen LogP contribution in [0.15, 0.2) is 52.5 Å². The van der Waals surface area contributed by atoms with E-state index in [1.54, 1.807) is 25.1 Å². The van der Waals surface area contributed by atoms with Crippen LogP contribution >= 0.6 is 7.75 Å². The number of carbonyl (C=O) groups is 1. The summed E-state index contributed by atoms with van der Waals surface area (Å²) in [5.41, 5.74) is 11.3. The van der Waals surface area contributed by atoms with Crippen LogP contribution in [0.3, 0.4) is 0 Å². The van der Waals surface area contributed by atoms with E-state index in [0.717, 1.165) is 10.8 Å². The molecule has 1 aliphatic rings. The second kappa shape index (κ2) is 11.7. The van der Waals surface area contributed by atoms with Crippen LogP contribution in [0.5, 0.6) is 5.75 Å². The Bertz CT molecular complexity index is 1260. The Balaban J connectivity index is 1.91. The molecule has 1 fully saturated rings. The lowest BCUT2D eigenvalue weighted by Crippen LogP contribution is -2.45. The smallest absolute Gasteiger partial charge is 0.459 e. The average molecular weight is 539 g/mol. The van der Waals surface area contributed by atoms with Crippen molar-refractivity contribution in [2.24, 2.45) is 5.11 Å². The minimum Gasteiger partial charge on any atom is -0.465 e. The standard InChI is InChI=1S/C20H26N7O9P/c1-3-33-18(30)12(2)24-37(32,36-13-7-5-4-6-8-13)34-11-20(25-26-22)16(29)15(28)17(35-20)27-10-9-14(21)23-19(27)31/h4-10,12,15-17,28-29H,3,11H2,1-2H3,(H,24,32)(H2,21,23,31)/t12-,15+,16-,17+,20?,37?/m0/s1. The van der Waals surface area contributed by atoms with Gasteiger partial charge >= 0.3 is 19.4 Å². The van der Waals surface area contributed by atoms with E-state index in [4.69, 9.17) is 29.8 Å². The fraction of sp³-hybridized carbons (Fsp3) is 0.450. The van der Waals surface area contributed by atoms with Crippen LogP contribution in [0, 0.1) is 0 Å². The number of para-hydroxylation sites is 1. The molecule has 16 nitrogen and oxygen atoms in total. The van der Waals surface area contributed by atoms with E-state index in [1.807, 2.05) is 0 Å². The zero-order valence-electron chi connectivity index (χ0n) is 19.8. The Kier molecular flexibility index (Phi) is 8.89. The van der Waals surface area contributed by atoms with E-state index < -0.39 is 56.2 Å². The number of hydrogen-bond acceptors (Lipinski definition) is 12. The van der Waals surface area contributed by atoms with Crippen molar-refractivity contribution in [3.05, 3.63) is 63.5 Å². The van der Waals surface area contributed by atoms with E-state index >= 15 is 0 Å². The lowest BCUT2D eigenvalue weighted by atomic mass is 10.1. The number of aliphatic hydroxyl groups is 2. The van der Waals surface area contributed by atoms with Crippen molar-refractivity contribution in [2.75, 3.05) is 18.9 Å². The molecule has 1 aromatic heterocycles. The Morgan fingerprint density at radius 3 is 2.73 bits per heavy atom. The molecule has 1 aromatic carbocycles. The van der Waals surface area contributed by atoms with Gasteiger partial charge in [-0.25, -0.2) is 9.36 Å². The van der Waals surface area contributed by atoms with Gasteiger partial charge in [-0.1, -0.05) is 23.3 Å². The van der Waals surface area contributed by atoms with Crippen LogP contribution in [0.25, 0.3) is 10.4 Å². The van der Waals surface area contributed by atoms with Gasteiger partial charge in [-0.2, -0.15) is 10.1 Å². The van der Waals surface area contributed by atoms with Crippen LogP contribution < -0.4 is 21.0 Å². The molecule has 0 aliphatic carbocycles. The number of ether oxygens (including phenoxy) is 2. The number of nitrogens with one attached hydrogen (secondary N) is 1. The molecule has 5 N–H and O–H groups in total. The third-order valence-corrected chi connectivity index (χ3v) is 6.77. The fourth-order valence-corrected chi connectivity index (χ4v) is 4.88. The first kappa shape index (κ1) is 28.1. The molecule has 17 heteroatoms. The van der Waals surface area contributed by atoms with Crippen molar-refractivity contribution in [1.82, 2.24) is 14.6 Å². The predicted molar refractivity (Wildman–Crippen MR) is 127 cm³/mol. The summed E-state index contributed by atoms with van der Waals surface area (Å²) < 4.78 is 35.9. The molecule has 6 atom stereocenters. The number of benzene rings is 1. The zero-order chi connectivity index (χ0) is 27.2. The van der Waals surface area contributed by atoms with Gasteiger partial charge in [0.25, 0.3) is 0 Å². The molecule has 3 rings (SSSR count). The first-order valence-corrected chi connectivity index (χ1v) is 12.5. The molecule has 1 aliphatic heterocycles. The van der Waals surface area contributed by atoms with E-state index in [1.165, 1.54) is 25.1 Å². The summed E-state index contributed by atoms with van der Waals surface area (Å²) in [7, 11) is -4.45. The molecular weight excluding hydrogens is 513 g/mol. The highest BCUT2D eigenvalue weighted by Crippen LogP contribution is 2.48. The summed E-state index contributed by atoms with van der Waals surface area (Å²) in [5, 5.41) is 27.2. The van der Waals surface area contributed by atoms with Crippen molar-refractivity contribution in [3.63, 3.8) is 0 Å². The third kappa shape index (κ3) is 6.45. The highest BCUT2D eigenvalue weighted by atomic mass is 31.2. The van der Waals surface area contributed by atoms with Gasteiger partial charge in [0, 0.05) is 11.1 Å². The summed E-state index contributed by atoms with van der Waals surface area (Å²) in [5.74, 6) is -0.757. The van der Waals surface area contributed by atoms with Crippen LogP contribution in [0.4, 0.5) is 5.82 Å².